The second kappa shape index (κ2) is 3.74. The van der Waals surface area contributed by atoms with Crippen LogP contribution in [-0.2, 0) is 0 Å². The minimum absolute atomic E-state index is 0.345. The summed E-state index contributed by atoms with van der Waals surface area (Å²) in [5.74, 6) is 1.17. The first kappa shape index (κ1) is 9.73. The Morgan fingerprint density at radius 3 is 2.27 bits per heavy atom. The number of hydrogen-bond donors (Lipinski definition) is 2. The summed E-state index contributed by atoms with van der Waals surface area (Å²) in [6, 6.07) is 8.71. The van der Waals surface area contributed by atoms with Crippen LogP contribution in [0.15, 0.2) is 30.3 Å². The number of nitrogens with two attached hydrogens (primary N) is 2. The molecule has 1 heterocycles. The Morgan fingerprint density at radius 1 is 1.00 bits per heavy atom. The highest BCUT2D eigenvalue weighted by molar-refractivity contribution is 6.30. The summed E-state index contributed by atoms with van der Waals surface area (Å²) in [5, 5.41) is 0.622. The van der Waals surface area contributed by atoms with Crippen molar-refractivity contribution < 1.29 is 0 Å². The molecule has 0 saturated carbocycles. The lowest BCUT2D eigenvalue weighted by molar-refractivity contribution is 1.19. The zero-order chi connectivity index (χ0) is 10.8. The first-order valence-corrected chi connectivity index (χ1v) is 4.69. The molecule has 4 N–H and O–H groups in total. The molecule has 15 heavy (non-hydrogen) atoms. The number of nitrogen functional groups attached to an aromatic ring is 2. The van der Waals surface area contributed by atoms with Gasteiger partial charge in [0.05, 0.1) is 0 Å². The number of nitrogens with zero attached hydrogens (tertiary/aromatic N) is 2. The van der Waals surface area contributed by atoms with E-state index in [0.29, 0.717) is 22.5 Å². The van der Waals surface area contributed by atoms with Gasteiger partial charge in [0.15, 0.2) is 5.82 Å². The molecule has 0 aliphatic carbocycles. The monoisotopic (exact) mass is 220 g/mol. The van der Waals surface area contributed by atoms with Crippen LogP contribution in [0.1, 0.15) is 0 Å². The third-order valence-electron chi connectivity index (χ3n) is 1.85. The van der Waals surface area contributed by atoms with E-state index < -0.39 is 0 Å². The molecule has 4 nitrogen and oxygen atoms in total. The van der Waals surface area contributed by atoms with Gasteiger partial charge in [-0.15, -0.1) is 0 Å². The SMILES string of the molecule is Nc1cc(N)nc(-c2cccc(Cl)c2)n1. The van der Waals surface area contributed by atoms with Crippen LogP contribution in [-0.4, -0.2) is 9.97 Å². The van der Waals surface area contributed by atoms with Crippen molar-refractivity contribution in [3.8, 4) is 11.4 Å². The van der Waals surface area contributed by atoms with Crippen LogP contribution in [0.5, 0.6) is 0 Å². The fraction of sp³-hybridized carbons (Fsp3) is 0. The first-order chi connectivity index (χ1) is 7.15. The van der Waals surface area contributed by atoms with Gasteiger partial charge >= 0.3 is 0 Å². The maximum Gasteiger partial charge on any atom is 0.163 e. The van der Waals surface area contributed by atoms with Gasteiger partial charge in [-0.3, -0.25) is 0 Å². The smallest absolute Gasteiger partial charge is 0.163 e. The minimum atomic E-state index is 0.345. The summed E-state index contributed by atoms with van der Waals surface area (Å²) in [7, 11) is 0. The van der Waals surface area contributed by atoms with Crippen LogP contribution in [0.4, 0.5) is 11.6 Å². The van der Waals surface area contributed by atoms with E-state index >= 15 is 0 Å². The van der Waals surface area contributed by atoms with Crippen LogP contribution in [0.2, 0.25) is 5.02 Å². The average molecular weight is 221 g/mol. The fourth-order valence-electron chi connectivity index (χ4n) is 1.24. The number of hydrogen-bond acceptors (Lipinski definition) is 4. The standard InChI is InChI=1S/C10H9ClN4/c11-7-3-1-2-6(4-7)10-14-8(12)5-9(13)15-10/h1-5H,(H4,12,13,14,15). The van der Waals surface area contributed by atoms with E-state index in [2.05, 4.69) is 9.97 Å². The van der Waals surface area contributed by atoms with E-state index in [1.807, 2.05) is 12.1 Å². The van der Waals surface area contributed by atoms with E-state index in [4.69, 9.17) is 23.1 Å². The Bertz CT molecular complexity index is 478. The van der Waals surface area contributed by atoms with Crippen molar-refractivity contribution in [2.45, 2.75) is 0 Å². The van der Waals surface area contributed by atoms with Gasteiger partial charge in [0, 0.05) is 16.7 Å². The normalized spacial score (nSPS) is 10.2. The maximum absolute atomic E-state index is 5.86. The van der Waals surface area contributed by atoms with E-state index in [9.17, 15) is 0 Å². The highest BCUT2D eigenvalue weighted by Crippen LogP contribution is 2.20. The van der Waals surface area contributed by atoms with Crippen LogP contribution < -0.4 is 11.5 Å². The molecular weight excluding hydrogens is 212 g/mol. The molecule has 2 aromatic rings. The number of benzene rings is 1. The molecule has 1 aromatic heterocycles. The topological polar surface area (TPSA) is 77.8 Å². The molecule has 0 aliphatic rings. The molecule has 1 aromatic carbocycles. The molecule has 5 heteroatoms. The number of halogens is 1. The number of anilines is 2. The summed E-state index contributed by atoms with van der Waals surface area (Å²) >= 11 is 5.86. The second-order valence-corrected chi connectivity index (χ2v) is 3.49. The number of rotatable bonds is 1. The molecule has 2 rings (SSSR count). The molecular formula is C10H9ClN4. The van der Waals surface area contributed by atoms with Crippen LogP contribution in [0, 0.1) is 0 Å². The Balaban J connectivity index is 2.54. The number of aromatic nitrogens is 2. The molecule has 0 atom stereocenters. The van der Waals surface area contributed by atoms with E-state index in [1.165, 1.54) is 6.07 Å². The van der Waals surface area contributed by atoms with Gasteiger partial charge in [-0.1, -0.05) is 23.7 Å². The molecule has 0 fully saturated rings. The van der Waals surface area contributed by atoms with Crippen molar-refractivity contribution in [2.24, 2.45) is 0 Å². The van der Waals surface area contributed by atoms with E-state index in [0.717, 1.165) is 5.56 Å². The molecule has 0 radical (unpaired) electrons. The van der Waals surface area contributed by atoms with Crippen LogP contribution in [0.3, 0.4) is 0 Å². The highest BCUT2D eigenvalue weighted by atomic mass is 35.5. The highest BCUT2D eigenvalue weighted by Gasteiger charge is 2.03. The predicted molar refractivity (Wildman–Crippen MR) is 61.3 cm³/mol. The summed E-state index contributed by atoms with van der Waals surface area (Å²) in [6.45, 7) is 0. The van der Waals surface area contributed by atoms with Crippen molar-refractivity contribution >= 4 is 23.2 Å². The lowest BCUT2D eigenvalue weighted by atomic mass is 10.2. The van der Waals surface area contributed by atoms with Gasteiger partial charge in [0.2, 0.25) is 0 Å². The molecule has 0 aliphatic heterocycles. The molecule has 0 unspecified atom stereocenters. The molecule has 0 bridgehead atoms. The molecule has 0 amide bonds. The van der Waals surface area contributed by atoms with Crippen molar-refractivity contribution in [3.63, 3.8) is 0 Å². The molecule has 0 saturated heterocycles. The lowest BCUT2D eigenvalue weighted by Gasteiger charge is -2.02. The Kier molecular flexibility index (Phi) is 2.43. The molecule has 0 spiro atoms. The quantitative estimate of drug-likeness (QED) is 0.770. The fourth-order valence-corrected chi connectivity index (χ4v) is 1.43. The predicted octanol–water partition coefficient (Wildman–Crippen LogP) is 1.96. The third kappa shape index (κ3) is 2.16. The summed E-state index contributed by atoms with van der Waals surface area (Å²) in [4.78, 5) is 8.15. The van der Waals surface area contributed by atoms with Gasteiger partial charge in [0.1, 0.15) is 11.6 Å². The van der Waals surface area contributed by atoms with Crippen molar-refractivity contribution in [1.82, 2.24) is 9.97 Å². The first-order valence-electron chi connectivity index (χ1n) is 4.31. The largest absolute Gasteiger partial charge is 0.384 e. The van der Waals surface area contributed by atoms with E-state index in [1.54, 1.807) is 12.1 Å². The van der Waals surface area contributed by atoms with Gasteiger partial charge in [-0.25, -0.2) is 9.97 Å². The van der Waals surface area contributed by atoms with Crippen LogP contribution >= 0.6 is 11.6 Å². The summed E-state index contributed by atoms with van der Waals surface area (Å²) in [5.41, 5.74) is 11.9. The average Bonchev–Trinajstić information content (AvgIpc) is 2.16. The Labute approximate surface area is 91.9 Å². The summed E-state index contributed by atoms with van der Waals surface area (Å²) in [6.07, 6.45) is 0. The summed E-state index contributed by atoms with van der Waals surface area (Å²) < 4.78 is 0. The third-order valence-corrected chi connectivity index (χ3v) is 2.08. The van der Waals surface area contributed by atoms with E-state index in [-0.39, 0.29) is 0 Å². The van der Waals surface area contributed by atoms with Crippen molar-refractivity contribution in [1.29, 1.82) is 0 Å². The van der Waals surface area contributed by atoms with Gasteiger partial charge in [-0.2, -0.15) is 0 Å². The van der Waals surface area contributed by atoms with Crippen LogP contribution in [0.25, 0.3) is 11.4 Å². The zero-order valence-electron chi connectivity index (χ0n) is 7.81. The van der Waals surface area contributed by atoms with Gasteiger partial charge in [-0.05, 0) is 12.1 Å². The minimum Gasteiger partial charge on any atom is -0.384 e. The lowest BCUT2D eigenvalue weighted by Crippen LogP contribution is -1.99. The Hall–Kier alpha value is -1.81. The Morgan fingerprint density at radius 2 is 1.67 bits per heavy atom. The van der Waals surface area contributed by atoms with Gasteiger partial charge in [0.25, 0.3) is 0 Å². The van der Waals surface area contributed by atoms with Crippen molar-refractivity contribution in [2.75, 3.05) is 11.5 Å². The second-order valence-electron chi connectivity index (χ2n) is 3.05. The zero-order valence-corrected chi connectivity index (χ0v) is 8.57. The molecule has 76 valence electrons. The maximum atomic E-state index is 5.86. The van der Waals surface area contributed by atoms with Gasteiger partial charge < -0.3 is 11.5 Å². The van der Waals surface area contributed by atoms with Crippen molar-refractivity contribution in [3.05, 3.63) is 35.4 Å².